The molecule has 0 aromatic heterocycles. The lowest BCUT2D eigenvalue weighted by atomic mass is 10.2. The number of benzene rings is 2. The molecule has 0 aliphatic carbocycles. The zero-order chi connectivity index (χ0) is 13.9. The number of carbonyl (C=O) groups excluding carboxylic acids is 1. The van der Waals surface area contributed by atoms with Crippen molar-refractivity contribution in [3.05, 3.63) is 72.9 Å². The number of para-hydroxylation sites is 2. The van der Waals surface area contributed by atoms with Gasteiger partial charge >= 0.3 is 6.03 Å². The van der Waals surface area contributed by atoms with Crippen molar-refractivity contribution in [2.24, 2.45) is 0 Å². The van der Waals surface area contributed by atoms with E-state index in [2.05, 4.69) is 0 Å². The highest BCUT2D eigenvalue weighted by molar-refractivity contribution is 6.06. The maximum Gasteiger partial charge on any atom is 0.333 e. The molecule has 1 unspecified atom stereocenters. The van der Waals surface area contributed by atoms with E-state index in [0.29, 0.717) is 0 Å². The van der Waals surface area contributed by atoms with Crippen molar-refractivity contribution in [3.8, 4) is 0 Å². The van der Waals surface area contributed by atoms with Crippen LogP contribution in [0.1, 0.15) is 6.92 Å². The van der Waals surface area contributed by atoms with Crippen LogP contribution in [0.2, 0.25) is 0 Å². The van der Waals surface area contributed by atoms with Gasteiger partial charge in [0.25, 0.3) is 0 Å². The van der Waals surface area contributed by atoms with Gasteiger partial charge in [0.1, 0.15) is 0 Å². The summed E-state index contributed by atoms with van der Waals surface area (Å²) in [4.78, 5) is 16.2. The molecule has 1 aliphatic heterocycles. The van der Waals surface area contributed by atoms with Gasteiger partial charge in [-0.15, -0.1) is 12.4 Å². The molecule has 0 spiro atoms. The molecule has 4 heteroatoms. The number of amides is 2. The smallest absolute Gasteiger partial charge is 0.287 e. The molecular formula is C17H17ClN2O. The fraction of sp³-hybridized carbons (Fsp3) is 0.118. The van der Waals surface area contributed by atoms with Crippen molar-refractivity contribution in [1.29, 1.82) is 0 Å². The maximum absolute atomic E-state index is 12.7. The Morgan fingerprint density at radius 2 is 1.38 bits per heavy atom. The Kier molecular flexibility index (Phi) is 4.66. The normalized spacial score (nSPS) is 17.6. The molecule has 108 valence electrons. The highest BCUT2D eigenvalue weighted by Crippen LogP contribution is 2.26. The number of rotatable bonds is 2. The van der Waals surface area contributed by atoms with E-state index in [4.69, 9.17) is 0 Å². The van der Waals surface area contributed by atoms with Gasteiger partial charge < -0.3 is 0 Å². The van der Waals surface area contributed by atoms with Crippen molar-refractivity contribution in [1.82, 2.24) is 0 Å². The first-order chi connectivity index (χ1) is 9.77. The van der Waals surface area contributed by atoms with E-state index in [1.165, 1.54) is 0 Å². The van der Waals surface area contributed by atoms with Crippen LogP contribution in [0.15, 0.2) is 72.9 Å². The highest BCUT2D eigenvalue weighted by Gasteiger charge is 2.29. The summed E-state index contributed by atoms with van der Waals surface area (Å²) in [5, 5.41) is 0. The zero-order valence-corrected chi connectivity index (χ0v) is 12.5. The summed E-state index contributed by atoms with van der Waals surface area (Å²) in [5.74, 6) is 0. The zero-order valence-electron chi connectivity index (χ0n) is 11.7. The molecular weight excluding hydrogens is 284 g/mol. The number of carbonyl (C=O) groups is 1. The van der Waals surface area contributed by atoms with Crippen LogP contribution in [0.25, 0.3) is 0 Å². The second kappa shape index (κ2) is 6.46. The molecule has 0 fully saturated rings. The number of nitrogens with zero attached hydrogens (tertiary/aromatic N) is 2. The fourth-order valence-corrected chi connectivity index (χ4v) is 2.37. The van der Waals surface area contributed by atoms with Crippen molar-refractivity contribution >= 4 is 29.8 Å². The van der Waals surface area contributed by atoms with Crippen molar-refractivity contribution in [2.45, 2.75) is 13.0 Å². The lowest BCUT2D eigenvalue weighted by molar-refractivity contribution is 0.251. The molecule has 3 nitrogen and oxygen atoms in total. The minimum atomic E-state index is -0.0302. The van der Waals surface area contributed by atoms with E-state index < -0.39 is 0 Å². The fourth-order valence-electron chi connectivity index (χ4n) is 2.37. The van der Waals surface area contributed by atoms with Gasteiger partial charge in [0.05, 0.1) is 11.7 Å². The lowest BCUT2D eigenvalue weighted by Gasteiger charge is -2.35. The van der Waals surface area contributed by atoms with E-state index in [-0.39, 0.29) is 24.5 Å². The molecule has 0 N–H and O–H groups in total. The first-order valence-electron chi connectivity index (χ1n) is 6.68. The average Bonchev–Trinajstić information content (AvgIpc) is 2.49. The molecule has 3 rings (SSSR count). The maximum atomic E-state index is 12.7. The molecule has 1 atom stereocenters. The molecule has 0 saturated heterocycles. The summed E-state index contributed by atoms with van der Waals surface area (Å²) in [5.41, 5.74) is 1.79. The van der Waals surface area contributed by atoms with Crippen LogP contribution in [0.5, 0.6) is 0 Å². The summed E-state index contributed by atoms with van der Waals surface area (Å²) in [7, 11) is 0. The minimum Gasteiger partial charge on any atom is -0.287 e. The van der Waals surface area contributed by atoms with Crippen LogP contribution in [-0.2, 0) is 0 Å². The monoisotopic (exact) mass is 300 g/mol. The van der Waals surface area contributed by atoms with E-state index in [9.17, 15) is 4.79 Å². The predicted octanol–water partition coefficient (Wildman–Crippen LogP) is 4.46. The average molecular weight is 301 g/mol. The first-order valence-corrected chi connectivity index (χ1v) is 6.68. The molecule has 0 saturated carbocycles. The lowest BCUT2D eigenvalue weighted by Crippen LogP contribution is -2.48. The Morgan fingerprint density at radius 3 is 1.95 bits per heavy atom. The number of hydrogen-bond donors (Lipinski definition) is 0. The van der Waals surface area contributed by atoms with Gasteiger partial charge in [0.15, 0.2) is 0 Å². The van der Waals surface area contributed by atoms with Gasteiger partial charge in [-0.25, -0.2) is 4.79 Å². The predicted molar refractivity (Wildman–Crippen MR) is 89.1 cm³/mol. The Hall–Kier alpha value is -2.26. The van der Waals surface area contributed by atoms with Crippen LogP contribution in [0, 0.1) is 0 Å². The summed E-state index contributed by atoms with van der Waals surface area (Å²) in [6, 6.07) is 19.4. The molecule has 1 aliphatic rings. The van der Waals surface area contributed by atoms with Crippen LogP contribution >= 0.6 is 12.4 Å². The van der Waals surface area contributed by atoms with Gasteiger partial charge in [-0.1, -0.05) is 36.4 Å². The first kappa shape index (κ1) is 15.1. The number of hydrogen-bond acceptors (Lipinski definition) is 1. The van der Waals surface area contributed by atoms with Crippen LogP contribution in [0.4, 0.5) is 16.2 Å². The largest absolute Gasteiger partial charge is 0.333 e. The standard InChI is InChI=1S/C17H16N2O.ClH/c1-14-12-13-18(15-8-4-2-5-9-15)17(20)19(14)16-10-6-3-7-11-16;/h2-14H,1H3;1H. The topological polar surface area (TPSA) is 23.6 Å². The SMILES string of the molecule is CC1C=CN(c2ccccc2)C(=O)N1c1ccccc1.Cl. The second-order valence-electron chi connectivity index (χ2n) is 4.78. The van der Waals surface area contributed by atoms with E-state index in [1.807, 2.05) is 79.9 Å². The molecule has 0 radical (unpaired) electrons. The van der Waals surface area contributed by atoms with E-state index >= 15 is 0 Å². The molecule has 21 heavy (non-hydrogen) atoms. The van der Waals surface area contributed by atoms with Crippen LogP contribution in [0.3, 0.4) is 0 Å². The second-order valence-corrected chi connectivity index (χ2v) is 4.78. The van der Waals surface area contributed by atoms with Gasteiger partial charge in [-0.3, -0.25) is 9.80 Å². The van der Waals surface area contributed by atoms with Gasteiger partial charge in [-0.2, -0.15) is 0 Å². The molecule has 0 bridgehead atoms. The van der Waals surface area contributed by atoms with Crippen molar-refractivity contribution in [2.75, 3.05) is 9.80 Å². The van der Waals surface area contributed by atoms with Crippen molar-refractivity contribution in [3.63, 3.8) is 0 Å². The summed E-state index contributed by atoms with van der Waals surface area (Å²) < 4.78 is 0. The number of halogens is 1. The Morgan fingerprint density at radius 1 is 0.857 bits per heavy atom. The summed E-state index contributed by atoms with van der Waals surface area (Å²) >= 11 is 0. The molecule has 2 amide bonds. The Balaban J connectivity index is 0.00000161. The van der Waals surface area contributed by atoms with Crippen LogP contribution < -0.4 is 9.80 Å². The number of anilines is 2. The van der Waals surface area contributed by atoms with Gasteiger partial charge in [0.2, 0.25) is 0 Å². The molecule has 2 aromatic carbocycles. The highest BCUT2D eigenvalue weighted by atomic mass is 35.5. The number of urea groups is 1. The molecule has 2 aromatic rings. The van der Waals surface area contributed by atoms with Gasteiger partial charge in [0, 0.05) is 11.9 Å². The van der Waals surface area contributed by atoms with Crippen molar-refractivity contribution < 1.29 is 4.79 Å². The van der Waals surface area contributed by atoms with Crippen LogP contribution in [-0.4, -0.2) is 12.1 Å². The third-order valence-corrected chi connectivity index (χ3v) is 3.40. The van der Waals surface area contributed by atoms with E-state index in [1.54, 1.807) is 9.80 Å². The van der Waals surface area contributed by atoms with Gasteiger partial charge in [-0.05, 0) is 37.3 Å². The summed E-state index contributed by atoms with van der Waals surface area (Å²) in [6.45, 7) is 2.02. The Labute approximate surface area is 130 Å². The van der Waals surface area contributed by atoms with E-state index in [0.717, 1.165) is 11.4 Å². The Bertz CT molecular complexity index is 628. The summed E-state index contributed by atoms with van der Waals surface area (Å²) in [6.07, 6.45) is 3.88. The quantitative estimate of drug-likeness (QED) is 0.803. The third-order valence-electron chi connectivity index (χ3n) is 3.40. The third kappa shape index (κ3) is 2.93. The molecule has 1 heterocycles. The minimum absolute atomic E-state index is 0.